The molecule has 36 heavy (non-hydrogen) atoms. The number of hydrogen-bond donors (Lipinski definition) is 1. The lowest BCUT2D eigenvalue weighted by Gasteiger charge is -2.23. The van der Waals surface area contributed by atoms with Crippen molar-refractivity contribution in [1.29, 1.82) is 0 Å². The number of benzene rings is 2. The van der Waals surface area contributed by atoms with Crippen LogP contribution in [0.4, 0.5) is 11.4 Å². The highest BCUT2D eigenvalue weighted by Gasteiger charge is 2.23. The molecule has 180 valence electrons. The number of anilines is 2. The molecule has 2 aromatic carbocycles. The maximum Gasteiger partial charge on any atom is 0.258 e. The Morgan fingerprint density at radius 2 is 1.75 bits per heavy atom. The number of pyridine rings is 1. The second-order valence-electron chi connectivity index (χ2n) is 9.02. The van der Waals surface area contributed by atoms with Crippen molar-refractivity contribution in [2.75, 3.05) is 16.8 Å². The van der Waals surface area contributed by atoms with Gasteiger partial charge in [-0.3, -0.25) is 14.6 Å². The molecular formula is C30H27N3O2S. The van der Waals surface area contributed by atoms with Gasteiger partial charge in [0.25, 0.3) is 11.8 Å². The molecule has 0 bridgehead atoms. The molecule has 1 aliphatic rings. The lowest BCUT2D eigenvalue weighted by molar-refractivity contribution is 0.0986. The van der Waals surface area contributed by atoms with Crippen molar-refractivity contribution in [3.8, 4) is 0 Å². The largest absolute Gasteiger partial charge is 0.322 e. The molecule has 0 fully saturated rings. The van der Waals surface area contributed by atoms with Crippen LogP contribution in [0, 0.1) is 20.8 Å². The quantitative estimate of drug-likeness (QED) is 0.336. The third kappa shape index (κ3) is 4.86. The number of carbonyl (C=O) groups excluding carboxylic acids is 2. The minimum Gasteiger partial charge on any atom is -0.322 e. The van der Waals surface area contributed by atoms with Gasteiger partial charge in [0.15, 0.2) is 0 Å². The highest BCUT2D eigenvalue weighted by atomic mass is 32.1. The molecule has 2 amide bonds. The van der Waals surface area contributed by atoms with Gasteiger partial charge in [-0.05, 0) is 98.5 Å². The molecule has 0 spiro atoms. The number of para-hydroxylation sites is 1. The van der Waals surface area contributed by atoms with Gasteiger partial charge >= 0.3 is 0 Å². The minimum atomic E-state index is -0.216. The first-order valence-corrected chi connectivity index (χ1v) is 12.7. The van der Waals surface area contributed by atoms with Crippen molar-refractivity contribution in [3.63, 3.8) is 0 Å². The summed E-state index contributed by atoms with van der Waals surface area (Å²) in [5, 5.41) is 2.91. The third-order valence-corrected chi connectivity index (χ3v) is 7.40. The standard InChI is InChI=1S/C30H27N3O2S/c1-19-16-26(21(3)31-18-19)29(34)32-25-11-9-22(10-12-25)30(35)33-15-14-24(28-13-8-20(2)36-28)17-23-6-4-5-7-27(23)33/h4-13,16-18H,14-15H2,1-3H3,(H,32,34). The second-order valence-corrected chi connectivity index (χ2v) is 10.3. The van der Waals surface area contributed by atoms with E-state index >= 15 is 0 Å². The Labute approximate surface area is 215 Å². The summed E-state index contributed by atoms with van der Waals surface area (Å²) in [6, 6.07) is 21.2. The lowest BCUT2D eigenvalue weighted by Crippen LogP contribution is -2.32. The van der Waals surface area contributed by atoms with Crippen LogP contribution in [0.25, 0.3) is 11.6 Å². The van der Waals surface area contributed by atoms with Crippen molar-refractivity contribution >= 4 is 46.2 Å². The van der Waals surface area contributed by atoms with Gasteiger partial charge in [0.05, 0.1) is 11.3 Å². The van der Waals surface area contributed by atoms with E-state index in [4.69, 9.17) is 0 Å². The molecule has 1 aliphatic heterocycles. The lowest BCUT2D eigenvalue weighted by atomic mass is 10.1. The maximum atomic E-state index is 13.6. The Hall–Kier alpha value is -4.03. The fourth-order valence-corrected chi connectivity index (χ4v) is 5.31. The summed E-state index contributed by atoms with van der Waals surface area (Å²) < 4.78 is 0. The Kier molecular flexibility index (Phi) is 6.53. The summed E-state index contributed by atoms with van der Waals surface area (Å²) in [6.45, 7) is 6.43. The van der Waals surface area contributed by atoms with Crippen LogP contribution < -0.4 is 10.2 Å². The zero-order valence-corrected chi connectivity index (χ0v) is 21.4. The van der Waals surface area contributed by atoms with Crippen LogP contribution in [0.3, 0.4) is 0 Å². The van der Waals surface area contributed by atoms with Gasteiger partial charge in [0, 0.05) is 39.4 Å². The fourth-order valence-electron chi connectivity index (χ4n) is 4.40. The summed E-state index contributed by atoms with van der Waals surface area (Å²) in [5.41, 5.74) is 6.54. The van der Waals surface area contributed by atoms with E-state index in [-0.39, 0.29) is 11.8 Å². The molecule has 1 N–H and O–H groups in total. The molecule has 0 saturated carbocycles. The van der Waals surface area contributed by atoms with E-state index in [1.807, 2.05) is 43.0 Å². The van der Waals surface area contributed by atoms with Crippen molar-refractivity contribution in [1.82, 2.24) is 4.98 Å². The first-order valence-electron chi connectivity index (χ1n) is 11.9. The first kappa shape index (κ1) is 23.7. The van der Waals surface area contributed by atoms with Crippen molar-refractivity contribution < 1.29 is 9.59 Å². The number of amides is 2. The fraction of sp³-hybridized carbons (Fsp3) is 0.167. The van der Waals surface area contributed by atoms with E-state index in [0.717, 1.165) is 23.2 Å². The molecule has 0 unspecified atom stereocenters. The Bertz CT molecular complexity index is 1480. The van der Waals surface area contributed by atoms with Gasteiger partial charge in [0.1, 0.15) is 0 Å². The van der Waals surface area contributed by atoms with E-state index in [2.05, 4.69) is 41.5 Å². The summed E-state index contributed by atoms with van der Waals surface area (Å²) >= 11 is 1.78. The normalized spacial score (nSPS) is 13.0. The molecule has 0 aliphatic carbocycles. The Balaban J connectivity index is 1.36. The molecule has 6 heteroatoms. The Morgan fingerprint density at radius 1 is 0.972 bits per heavy atom. The number of rotatable bonds is 4. The molecule has 5 nitrogen and oxygen atoms in total. The Morgan fingerprint density at radius 3 is 2.50 bits per heavy atom. The zero-order chi connectivity index (χ0) is 25.2. The van der Waals surface area contributed by atoms with Gasteiger partial charge < -0.3 is 10.2 Å². The van der Waals surface area contributed by atoms with E-state index in [1.54, 1.807) is 41.8 Å². The number of carbonyl (C=O) groups is 2. The molecule has 0 saturated heterocycles. The second kappa shape index (κ2) is 9.91. The number of thiophene rings is 1. The molecule has 5 rings (SSSR count). The SMILES string of the molecule is Cc1cnc(C)c(C(=O)Nc2ccc(C(=O)N3CCC(c4ccc(C)s4)=Cc4ccccc43)cc2)c1. The van der Waals surface area contributed by atoms with Gasteiger partial charge in [-0.15, -0.1) is 11.3 Å². The summed E-state index contributed by atoms with van der Waals surface area (Å²) in [7, 11) is 0. The van der Waals surface area contributed by atoms with E-state index in [9.17, 15) is 9.59 Å². The molecule has 2 aromatic heterocycles. The topological polar surface area (TPSA) is 62.3 Å². The highest BCUT2D eigenvalue weighted by molar-refractivity contribution is 7.13. The van der Waals surface area contributed by atoms with Crippen molar-refractivity contribution in [2.24, 2.45) is 0 Å². The van der Waals surface area contributed by atoms with Crippen LogP contribution in [0.1, 0.15) is 53.7 Å². The number of nitrogens with zero attached hydrogens (tertiary/aromatic N) is 2. The van der Waals surface area contributed by atoms with Gasteiger partial charge in [0.2, 0.25) is 0 Å². The number of aryl methyl sites for hydroxylation is 3. The number of fused-ring (bicyclic) bond motifs is 1. The predicted molar refractivity (Wildman–Crippen MR) is 148 cm³/mol. The van der Waals surface area contributed by atoms with Crippen molar-refractivity contribution in [3.05, 3.63) is 111 Å². The van der Waals surface area contributed by atoms with Crippen molar-refractivity contribution in [2.45, 2.75) is 27.2 Å². The van der Waals surface area contributed by atoms with E-state index in [0.29, 0.717) is 29.1 Å². The third-order valence-electron chi connectivity index (χ3n) is 6.32. The smallest absolute Gasteiger partial charge is 0.258 e. The van der Waals surface area contributed by atoms with Crippen LogP contribution in [0.15, 0.2) is 72.9 Å². The molecule has 0 atom stereocenters. The molecular weight excluding hydrogens is 466 g/mol. The van der Waals surface area contributed by atoms with Crippen LogP contribution in [0.2, 0.25) is 0 Å². The average Bonchev–Trinajstić information content (AvgIpc) is 3.22. The summed E-state index contributed by atoms with van der Waals surface area (Å²) in [6.07, 6.45) is 4.72. The molecule has 4 aromatic rings. The van der Waals surface area contributed by atoms with Gasteiger partial charge in [-0.1, -0.05) is 18.2 Å². The monoisotopic (exact) mass is 493 g/mol. The number of hydrogen-bond acceptors (Lipinski definition) is 4. The van der Waals surface area contributed by atoms with E-state index < -0.39 is 0 Å². The first-order chi connectivity index (χ1) is 17.4. The molecule has 3 heterocycles. The highest BCUT2D eigenvalue weighted by Crippen LogP contribution is 2.35. The van der Waals surface area contributed by atoms with Gasteiger partial charge in [-0.25, -0.2) is 0 Å². The molecule has 0 radical (unpaired) electrons. The van der Waals surface area contributed by atoms with Crippen LogP contribution in [-0.4, -0.2) is 23.3 Å². The average molecular weight is 494 g/mol. The summed E-state index contributed by atoms with van der Waals surface area (Å²) in [4.78, 5) is 35.0. The van der Waals surface area contributed by atoms with Crippen LogP contribution in [-0.2, 0) is 0 Å². The zero-order valence-electron chi connectivity index (χ0n) is 20.5. The number of nitrogens with one attached hydrogen (secondary N) is 1. The van der Waals surface area contributed by atoms with E-state index in [1.165, 1.54) is 15.3 Å². The van der Waals surface area contributed by atoms with Crippen LogP contribution >= 0.6 is 11.3 Å². The minimum absolute atomic E-state index is 0.0592. The number of aromatic nitrogens is 1. The van der Waals surface area contributed by atoms with Gasteiger partial charge in [-0.2, -0.15) is 0 Å². The summed E-state index contributed by atoms with van der Waals surface area (Å²) in [5.74, 6) is -0.275. The maximum absolute atomic E-state index is 13.6. The van der Waals surface area contributed by atoms with Crippen LogP contribution in [0.5, 0.6) is 0 Å². The predicted octanol–water partition coefficient (Wildman–Crippen LogP) is 6.91.